The number of hydrogen-bond acceptors (Lipinski definition) is 4. The van der Waals surface area contributed by atoms with Crippen molar-refractivity contribution in [1.82, 2.24) is 15.1 Å². The first-order valence-corrected chi connectivity index (χ1v) is 6.42. The predicted molar refractivity (Wildman–Crippen MR) is 69.1 cm³/mol. The molecule has 1 radical (unpaired) electrons. The Bertz CT molecular complexity index is 441. The zero-order valence-electron chi connectivity index (χ0n) is 13.5. The minimum atomic E-state index is -0.677. The molecule has 2 aliphatic rings. The minimum absolute atomic E-state index is 0. The summed E-state index contributed by atoms with van der Waals surface area (Å²) in [5.74, 6) is -0.636. The number of carbonyl (C=O) groups is 2. The largest absolute Gasteiger partial charge is 0.540 e. The molecule has 7 heteroatoms. The van der Waals surface area contributed by atoms with Crippen LogP contribution in [0.1, 0.15) is 28.4 Å². The van der Waals surface area contributed by atoms with Crippen molar-refractivity contribution in [3.05, 3.63) is 0 Å². The van der Waals surface area contributed by atoms with Crippen LogP contribution in [0, 0.1) is 0 Å². The van der Waals surface area contributed by atoms with Gasteiger partial charge in [-0.2, -0.15) is 0 Å². The molecule has 0 aromatic carbocycles. The van der Waals surface area contributed by atoms with E-state index >= 15 is 0 Å². The maximum Gasteiger partial charge on any atom is 0.239 e. The van der Waals surface area contributed by atoms with E-state index in [2.05, 4.69) is 5.32 Å². The fraction of sp³-hybridized carbons (Fsp3) is 0.769. The molecule has 0 aliphatic carbocycles. The van der Waals surface area contributed by atoms with Crippen LogP contribution in [0.3, 0.4) is 0 Å². The Labute approximate surface area is 147 Å². The van der Waals surface area contributed by atoms with Gasteiger partial charge in [-0.05, 0) is 32.8 Å². The van der Waals surface area contributed by atoms with Crippen molar-refractivity contribution in [2.45, 2.75) is 37.7 Å². The number of carbonyl (C=O) groups excluding carboxylic acids is 3. The summed E-state index contributed by atoms with van der Waals surface area (Å²) in [5.41, 5.74) is 0. The summed E-state index contributed by atoms with van der Waals surface area (Å²) in [5, 5.41) is 2.57. The third kappa shape index (κ3) is 4.09. The summed E-state index contributed by atoms with van der Waals surface area (Å²) in [4.78, 5) is 37.9. The second kappa shape index (κ2) is 8.20. The topological polar surface area (TPSA) is 69.7 Å². The molecule has 0 spiro atoms. The second-order valence-electron chi connectivity index (χ2n) is 4.90. The van der Waals surface area contributed by atoms with Gasteiger partial charge in [0.15, 0.2) is 0 Å². The molecule has 0 aromatic rings. The normalized spacial score (nSPS) is 35.0. The van der Waals surface area contributed by atoms with Gasteiger partial charge >= 0.3 is 0 Å². The molecule has 0 aromatic heterocycles. The number of hydrogen-bond donors (Lipinski definition) is 1. The molecular weight excluding hydrogens is 335 g/mol. The zero-order valence-corrected chi connectivity index (χ0v) is 14.4. The van der Waals surface area contributed by atoms with Crippen LogP contribution in [-0.4, -0.2) is 66.7 Å². The van der Waals surface area contributed by atoms with E-state index in [4.69, 9.17) is 2.74 Å². The molecule has 6 nitrogen and oxygen atoms in total. The number of nitrogens with zero attached hydrogens (tertiary/aromatic N) is 2. The SMILES string of the molecule is [3H]C1CC(C(=O)NCC(=O)N2CC([3H])CC2[C-]=O)N(C)C1.[Y]. The van der Waals surface area contributed by atoms with Gasteiger partial charge in [0.05, 0.1) is 12.6 Å². The first kappa shape index (κ1) is 14.6. The monoisotopic (exact) mass is 359 g/mol. The van der Waals surface area contributed by atoms with Crippen LogP contribution in [0.15, 0.2) is 0 Å². The molecular formula is C13H20N3O3Y-. The summed E-state index contributed by atoms with van der Waals surface area (Å²) >= 11 is 0. The molecule has 2 saturated heterocycles. The Balaban J connectivity index is 0.00000242. The van der Waals surface area contributed by atoms with E-state index in [1.807, 2.05) is 0 Å². The standard InChI is InChI=1S/C13H20N3O3.Y/c1-15-6-3-5-11(15)13(19)14-8-12(18)16-7-2-4-10(16)9-17;/h10-11H,2-8H2,1H3,(H,14,19);/q-1;/i2T,3T;. The van der Waals surface area contributed by atoms with E-state index < -0.39 is 12.4 Å². The summed E-state index contributed by atoms with van der Waals surface area (Å²) in [7, 11) is 1.78. The summed E-state index contributed by atoms with van der Waals surface area (Å²) in [6, 6.07) is -1.06. The van der Waals surface area contributed by atoms with Crippen molar-refractivity contribution in [2.24, 2.45) is 0 Å². The number of rotatable bonds is 4. The Kier molecular flexibility index (Phi) is 5.99. The van der Waals surface area contributed by atoms with Gasteiger partial charge in [0.1, 0.15) is 0 Å². The molecule has 2 aliphatic heterocycles. The predicted octanol–water partition coefficient (Wildman–Crippen LogP) is -0.705. The molecule has 2 amide bonds. The van der Waals surface area contributed by atoms with Crippen LogP contribution >= 0.6 is 0 Å². The van der Waals surface area contributed by atoms with Crippen LogP contribution in [0.25, 0.3) is 0 Å². The van der Waals surface area contributed by atoms with E-state index in [1.165, 1.54) is 4.90 Å². The minimum Gasteiger partial charge on any atom is -0.540 e. The fourth-order valence-electron chi connectivity index (χ4n) is 2.45. The van der Waals surface area contributed by atoms with Crippen molar-refractivity contribution in [1.29, 1.82) is 0 Å². The molecule has 2 fully saturated rings. The number of likely N-dealkylation sites (tertiary alicyclic amines) is 2. The Morgan fingerprint density at radius 3 is 2.65 bits per heavy atom. The van der Waals surface area contributed by atoms with Crippen LogP contribution < -0.4 is 5.32 Å². The Hall–Kier alpha value is -0.326. The molecule has 2 heterocycles. The Morgan fingerprint density at radius 2 is 2.05 bits per heavy atom. The van der Waals surface area contributed by atoms with E-state index in [9.17, 15) is 14.4 Å². The van der Waals surface area contributed by atoms with Crippen molar-refractivity contribution in [3.8, 4) is 0 Å². The molecule has 0 saturated carbocycles. The van der Waals surface area contributed by atoms with Crippen molar-refractivity contribution < 1.29 is 49.8 Å². The zero-order chi connectivity index (χ0) is 15.6. The van der Waals surface area contributed by atoms with Crippen molar-refractivity contribution in [2.75, 3.05) is 26.7 Å². The van der Waals surface area contributed by atoms with E-state index in [1.54, 1.807) is 18.2 Å². The van der Waals surface area contributed by atoms with Gasteiger partial charge in [0.25, 0.3) is 0 Å². The van der Waals surface area contributed by atoms with Crippen LogP contribution in [0.2, 0.25) is 0 Å². The third-order valence-electron chi connectivity index (χ3n) is 3.60. The number of likely N-dealkylation sites (N-methyl/N-ethyl adjacent to an activating group) is 1. The molecule has 20 heavy (non-hydrogen) atoms. The first-order valence-electron chi connectivity index (χ1n) is 7.57. The van der Waals surface area contributed by atoms with Crippen molar-refractivity contribution >= 4 is 18.1 Å². The van der Waals surface area contributed by atoms with E-state index in [0.29, 0.717) is 19.4 Å². The van der Waals surface area contributed by atoms with Gasteiger partial charge in [-0.25, -0.2) is 6.29 Å². The molecule has 109 valence electrons. The summed E-state index contributed by atoms with van der Waals surface area (Å²) < 4.78 is 15.3. The summed E-state index contributed by atoms with van der Waals surface area (Å²) in [6.07, 6.45) is 1.78. The second-order valence-corrected chi connectivity index (χ2v) is 4.90. The average molecular weight is 359 g/mol. The fourth-order valence-corrected chi connectivity index (χ4v) is 2.45. The number of amides is 2. The molecule has 4 unspecified atom stereocenters. The van der Waals surface area contributed by atoms with Gasteiger partial charge < -0.3 is 15.0 Å². The van der Waals surface area contributed by atoms with Gasteiger partial charge in [-0.1, -0.05) is 12.5 Å². The van der Waals surface area contributed by atoms with Gasteiger partial charge in [-0.3, -0.25) is 14.5 Å². The van der Waals surface area contributed by atoms with Crippen LogP contribution in [-0.2, 0) is 47.1 Å². The smallest absolute Gasteiger partial charge is 0.239 e. The van der Waals surface area contributed by atoms with E-state index in [-0.39, 0.29) is 70.1 Å². The quantitative estimate of drug-likeness (QED) is 0.674. The third-order valence-corrected chi connectivity index (χ3v) is 3.60. The van der Waals surface area contributed by atoms with Crippen LogP contribution in [0.4, 0.5) is 0 Å². The first-order chi connectivity index (χ1) is 9.92. The molecule has 4 atom stereocenters. The van der Waals surface area contributed by atoms with Crippen LogP contribution in [0.5, 0.6) is 0 Å². The average Bonchev–Trinajstić information content (AvgIpc) is 2.97. The maximum atomic E-state index is 12.0. The summed E-state index contributed by atoms with van der Waals surface area (Å²) in [6.45, 7) is 0.560. The van der Waals surface area contributed by atoms with Gasteiger partial charge in [0, 0.05) is 42.0 Å². The maximum absolute atomic E-state index is 12.0. The number of nitrogens with one attached hydrogen (secondary N) is 1. The van der Waals surface area contributed by atoms with Gasteiger partial charge in [-0.15, -0.1) is 0 Å². The Morgan fingerprint density at radius 1 is 1.35 bits per heavy atom. The van der Waals surface area contributed by atoms with Gasteiger partial charge in [0.2, 0.25) is 11.8 Å². The van der Waals surface area contributed by atoms with Crippen molar-refractivity contribution in [3.63, 3.8) is 0 Å². The molecule has 0 bridgehead atoms. The molecule has 1 N–H and O–H groups in total. The molecule has 2 rings (SSSR count). The van der Waals surface area contributed by atoms with E-state index in [0.717, 1.165) is 0 Å².